The van der Waals surface area contributed by atoms with Gasteiger partial charge in [0, 0.05) is 0 Å². The Morgan fingerprint density at radius 3 is 2.48 bits per heavy atom. The van der Waals surface area contributed by atoms with E-state index in [0.717, 1.165) is 6.07 Å². The zero-order valence-electron chi connectivity index (χ0n) is 16.5. The Balaban J connectivity index is 2.06. The molecule has 0 spiro atoms. The van der Waals surface area contributed by atoms with Gasteiger partial charge >= 0.3 is 12.1 Å². The van der Waals surface area contributed by atoms with E-state index in [4.69, 9.17) is 9.47 Å². The van der Waals surface area contributed by atoms with E-state index in [-0.39, 0.29) is 34.0 Å². The number of carboxylic acid groups (broad SMARTS) is 1. The fraction of sp³-hybridized carbons (Fsp3) is 0.350. The van der Waals surface area contributed by atoms with Gasteiger partial charge in [-0.15, -0.1) is 0 Å². The van der Waals surface area contributed by atoms with Gasteiger partial charge in [-0.2, -0.15) is 13.2 Å². The van der Waals surface area contributed by atoms with Crippen LogP contribution in [0.15, 0.2) is 30.7 Å². The first-order valence-corrected chi connectivity index (χ1v) is 9.16. The number of aromatic nitrogens is 2. The lowest BCUT2D eigenvalue weighted by atomic mass is 9.96. The van der Waals surface area contributed by atoms with Crippen LogP contribution in [-0.2, 0) is 26.9 Å². The predicted molar refractivity (Wildman–Crippen MR) is 101 cm³/mol. The number of nitrogens with one attached hydrogen (secondary N) is 1. The first kappa shape index (κ1) is 22.3. The van der Waals surface area contributed by atoms with Gasteiger partial charge in [-0.25, -0.2) is 14.4 Å². The number of carbonyl (C=O) groups is 1. The van der Waals surface area contributed by atoms with Gasteiger partial charge in [0.25, 0.3) is 6.29 Å². The van der Waals surface area contributed by atoms with Crippen LogP contribution in [0.3, 0.4) is 0 Å². The molecular formula is C20H19F4N3O4. The van der Waals surface area contributed by atoms with Crippen LogP contribution in [0.1, 0.15) is 46.1 Å². The lowest BCUT2D eigenvalue weighted by Crippen LogP contribution is -2.21. The molecule has 0 unspecified atom stereocenters. The Morgan fingerprint density at radius 2 is 1.90 bits per heavy atom. The molecule has 2 aromatic rings. The van der Waals surface area contributed by atoms with Crippen LogP contribution < -0.4 is 5.32 Å². The molecule has 166 valence electrons. The summed E-state index contributed by atoms with van der Waals surface area (Å²) in [6, 6.07) is 2.32. The molecule has 0 bridgehead atoms. The predicted octanol–water partition coefficient (Wildman–Crippen LogP) is 4.38. The van der Waals surface area contributed by atoms with Crippen molar-refractivity contribution in [1.82, 2.24) is 9.97 Å². The highest BCUT2D eigenvalue weighted by Crippen LogP contribution is 2.37. The number of benzene rings is 1. The summed E-state index contributed by atoms with van der Waals surface area (Å²) < 4.78 is 64.5. The zero-order chi connectivity index (χ0) is 22.8. The van der Waals surface area contributed by atoms with Crippen molar-refractivity contribution in [1.29, 1.82) is 0 Å². The number of rotatable bonds is 7. The van der Waals surface area contributed by atoms with Crippen LogP contribution in [0.5, 0.6) is 0 Å². The van der Waals surface area contributed by atoms with E-state index >= 15 is 0 Å². The molecule has 1 aliphatic rings. The maximum Gasteiger partial charge on any atom is 0.416 e. The molecule has 1 aromatic heterocycles. The Hall–Kier alpha value is -3.37. The van der Waals surface area contributed by atoms with E-state index in [9.17, 15) is 27.5 Å². The second-order valence-electron chi connectivity index (χ2n) is 6.80. The highest BCUT2D eigenvalue weighted by molar-refractivity contribution is 5.71. The Labute approximate surface area is 174 Å². The number of anilines is 1. The lowest BCUT2D eigenvalue weighted by molar-refractivity contribution is -0.138. The number of halogens is 4. The van der Waals surface area contributed by atoms with Gasteiger partial charge in [0.1, 0.15) is 30.8 Å². The largest absolute Gasteiger partial charge is 0.481 e. The van der Waals surface area contributed by atoms with Crippen molar-refractivity contribution in [3.8, 4) is 0 Å². The quantitative estimate of drug-likeness (QED) is 0.616. The van der Waals surface area contributed by atoms with Crippen molar-refractivity contribution in [3.63, 3.8) is 0 Å². The first-order valence-electron chi connectivity index (χ1n) is 9.16. The Morgan fingerprint density at radius 1 is 1.23 bits per heavy atom. The van der Waals surface area contributed by atoms with E-state index in [1.807, 2.05) is 0 Å². The number of alkyl halides is 4. The summed E-state index contributed by atoms with van der Waals surface area (Å²) in [6.45, 7) is 1.72. The lowest BCUT2D eigenvalue weighted by Gasteiger charge is -2.24. The van der Waals surface area contributed by atoms with Gasteiger partial charge in [-0.1, -0.05) is 12.1 Å². The minimum Gasteiger partial charge on any atom is -0.481 e. The van der Waals surface area contributed by atoms with Crippen LogP contribution in [0, 0.1) is 13.8 Å². The van der Waals surface area contributed by atoms with Crippen LogP contribution in [-0.4, -0.2) is 27.7 Å². The number of nitrogens with zero attached hydrogens (tertiary/aromatic N) is 2. The summed E-state index contributed by atoms with van der Waals surface area (Å²) in [4.78, 5) is 19.6. The molecule has 0 fully saturated rings. The molecule has 2 N–H and O–H groups in total. The van der Waals surface area contributed by atoms with Crippen LogP contribution in [0.4, 0.5) is 23.4 Å². The van der Waals surface area contributed by atoms with E-state index < -0.39 is 43.1 Å². The highest BCUT2D eigenvalue weighted by Gasteiger charge is 2.34. The minimum absolute atomic E-state index is 0.0110. The Kier molecular flexibility index (Phi) is 6.32. The van der Waals surface area contributed by atoms with Crippen molar-refractivity contribution in [2.45, 2.75) is 38.8 Å². The fourth-order valence-electron chi connectivity index (χ4n) is 3.35. The molecule has 2 heterocycles. The second kappa shape index (κ2) is 8.78. The average molecular weight is 441 g/mol. The molecular weight excluding hydrogens is 422 g/mol. The van der Waals surface area contributed by atoms with Crippen molar-refractivity contribution in [2.75, 3.05) is 12.0 Å². The van der Waals surface area contributed by atoms with E-state index in [1.54, 1.807) is 0 Å². The summed E-state index contributed by atoms with van der Waals surface area (Å²) in [7, 11) is 0. The molecule has 3 rings (SSSR count). The molecule has 0 amide bonds. The number of hydrogen-bond donors (Lipinski definition) is 2. The monoisotopic (exact) mass is 441 g/mol. The maximum absolute atomic E-state index is 14.0. The van der Waals surface area contributed by atoms with E-state index in [1.165, 1.54) is 38.5 Å². The van der Waals surface area contributed by atoms with Crippen LogP contribution >= 0.6 is 0 Å². The highest BCUT2D eigenvalue weighted by atomic mass is 19.4. The van der Waals surface area contributed by atoms with Gasteiger partial charge in [0.15, 0.2) is 0 Å². The molecule has 0 aliphatic carbocycles. The van der Waals surface area contributed by atoms with Crippen LogP contribution in [0.2, 0.25) is 0 Å². The normalized spacial score (nSPS) is 14.8. The summed E-state index contributed by atoms with van der Waals surface area (Å²) >= 11 is 0. The maximum atomic E-state index is 14.0. The third-order valence-electron chi connectivity index (χ3n) is 4.67. The average Bonchev–Trinajstić information content (AvgIpc) is 3.19. The zero-order valence-corrected chi connectivity index (χ0v) is 16.5. The van der Waals surface area contributed by atoms with Crippen molar-refractivity contribution in [2.24, 2.45) is 0 Å². The number of aryl methyl sites for hydroxylation is 1. The van der Waals surface area contributed by atoms with Gasteiger partial charge in [-0.05, 0) is 31.0 Å². The van der Waals surface area contributed by atoms with Gasteiger partial charge in [0.05, 0.1) is 29.3 Å². The van der Waals surface area contributed by atoms with Crippen molar-refractivity contribution in [3.05, 3.63) is 64.5 Å². The number of ether oxygens (including phenoxy) is 2. The molecule has 0 saturated heterocycles. The van der Waals surface area contributed by atoms with Crippen molar-refractivity contribution < 1.29 is 36.9 Å². The second-order valence-corrected chi connectivity index (χ2v) is 6.80. The smallest absolute Gasteiger partial charge is 0.416 e. The summed E-state index contributed by atoms with van der Waals surface area (Å²) in [5.74, 6) is -0.976. The summed E-state index contributed by atoms with van der Waals surface area (Å²) in [5, 5.41) is 12.0. The first-order chi connectivity index (χ1) is 14.6. The molecule has 11 heteroatoms. The Bertz CT molecular complexity index is 1000. The minimum atomic E-state index is -4.59. The molecule has 7 nitrogen and oxygen atoms in total. The number of hydrogen-bond acceptors (Lipinski definition) is 6. The van der Waals surface area contributed by atoms with Gasteiger partial charge in [-0.3, -0.25) is 4.79 Å². The van der Waals surface area contributed by atoms with Crippen molar-refractivity contribution >= 4 is 11.8 Å². The molecule has 1 aromatic carbocycles. The molecule has 31 heavy (non-hydrogen) atoms. The molecule has 0 saturated carbocycles. The van der Waals surface area contributed by atoms with E-state index in [0.29, 0.717) is 0 Å². The fourth-order valence-corrected chi connectivity index (χ4v) is 3.35. The van der Waals surface area contributed by atoms with E-state index in [2.05, 4.69) is 15.3 Å². The summed E-state index contributed by atoms with van der Waals surface area (Å²) in [6.07, 6.45) is -3.69. The standard InChI is InChI=1S/C20H19F4N3O4/c1-10-12(4-3-5-13(10)20(22,23)24)15(9-21)27-18-17(19-30-6-7-31-19)14(8-16(28)29)25-11(2)26-18/h3-7,15,19H,8-9H2,1-2H3,(H,28,29)(H,25,26,27)/t15-/m1/s1. The van der Waals surface area contributed by atoms with Crippen LogP contribution in [0.25, 0.3) is 0 Å². The topological polar surface area (TPSA) is 93.6 Å². The SMILES string of the molecule is Cc1nc(CC(=O)O)c(C2OC=CO2)c(N[C@H](CF)c2cccc(C(F)(F)F)c2C)n1. The third kappa shape index (κ3) is 4.86. The third-order valence-corrected chi connectivity index (χ3v) is 4.67. The molecule has 1 atom stereocenters. The summed E-state index contributed by atoms with van der Waals surface area (Å²) in [5.41, 5.74) is -0.706. The van der Waals surface area contributed by atoms with Gasteiger partial charge < -0.3 is 19.9 Å². The van der Waals surface area contributed by atoms with Gasteiger partial charge in [0.2, 0.25) is 0 Å². The molecule has 0 radical (unpaired) electrons. The molecule has 1 aliphatic heterocycles. The number of aliphatic carboxylic acids is 1. The number of carboxylic acids is 1.